The number of allylic oxidation sites excluding steroid dienone is 2. The van der Waals surface area contributed by atoms with E-state index in [4.69, 9.17) is 4.74 Å². The van der Waals surface area contributed by atoms with Crippen LogP contribution >= 0.6 is 15.9 Å². The summed E-state index contributed by atoms with van der Waals surface area (Å²) in [6.07, 6.45) is 8.83. The Hall–Kier alpha value is -3.36. The van der Waals surface area contributed by atoms with Crippen LogP contribution in [0.1, 0.15) is 16.7 Å². The van der Waals surface area contributed by atoms with E-state index in [0.29, 0.717) is 0 Å². The van der Waals surface area contributed by atoms with Gasteiger partial charge < -0.3 is 4.74 Å². The highest BCUT2D eigenvalue weighted by Gasteiger charge is 2.56. The van der Waals surface area contributed by atoms with Gasteiger partial charge in [0, 0.05) is 16.0 Å². The molecule has 158 valence electrons. The maximum atomic E-state index is 6.56. The van der Waals surface area contributed by atoms with Crippen LogP contribution in [-0.4, -0.2) is 6.10 Å². The highest BCUT2D eigenvalue weighted by molar-refractivity contribution is 9.10. The van der Waals surface area contributed by atoms with E-state index in [2.05, 4.69) is 131 Å². The van der Waals surface area contributed by atoms with Crippen molar-refractivity contribution in [2.75, 3.05) is 0 Å². The molecule has 0 saturated carbocycles. The van der Waals surface area contributed by atoms with Crippen molar-refractivity contribution >= 4 is 15.9 Å². The summed E-state index contributed by atoms with van der Waals surface area (Å²) in [6, 6.07) is 33.0. The van der Waals surface area contributed by atoms with Gasteiger partial charge in [0.15, 0.2) is 0 Å². The van der Waals surface area contributed by atoms with E-state index in [0.717, 1.165) is 10.2 Å². The fourth-order valence-corrected chi connectivity index (χ4v) is 6.56. The maximum Gasteiger partial charge on any atom is 0.125 e. The molecule has 2 heteroatoms. The molecule has 0 radical (unpaired) electrons. The monoisotopic (exact) mass is 488 g/mol. The number of fused-ring (bicyclic) bond motifs is 9. The van der Waals surface area contributed by atoms with E-state index in [-0.39, 0.29) is 17.4 Å². The Kier molecular flexibility index (Phi) is 4.10. The molecule has 0 N–H and O–H groups in total. The van der Waals surface area contributed by atoms with Gasteiger partial charge in [0.05, 0.1) is 5.41 Å². The first-order valence-corrected chi connectivity index (χ1v) is 12.2. The summed E-state index contributed by atoms with van der Waals surface area (Å²) in [7, 11) is 0. The SMILES string of the molecule is Brc1ccc2c(c1)C1(c3ccccc3-c3c(-c4ccccc4)cccc31)[C@H]1C=CC=CC1O2. The van der Waals surface area contributed by atoms with Crippen LogP contribution in [0.2, 0.25) is 0 Å². The summed E-state index contributed by atoms with van der Waals surface area (Å²) in [4.78, 5) is 0. The van der Waals surface area contributed by atoms with Crippen molar-refractivity contribution < 1.29 is 4.74 Å². The Morgan fingerprint density at radius 2 is 1.42 bits per heavy atom. The minimum atomic E-state index is -0.319. The Bertz CT molecular complexity index is 1470. The lowest BCUT2D eigenvalue weighted by atomic mass is 9.60. The van der Waals surface area contributed by atoms with Gasteiger partial charge in [-0.1, -0.05) is 107 Å². The molecular weight excluding hydrogens is 468 g/mol. The third-order valence-corrected chi connectivity index (χ3v) is 7.90. The van der Waals surface area contributed by atoms with Gasteiger partial charge in [-0.25, -0.2) is 0 Å². The van der Waals surface area contributed by atoms with Gasteiger partial charge in [0.1, 0.15) is 11.9 Å². The van der Waals surface area contributed by atoms with E-state index < -0.39 is 0 Å². The molecule has 0 fully saturated rings. The van der Waals surface area contributed by atoms with Gasteiger partial charge >= 0.3 is 0 Å². The van der Waals surface area contributed by atoms with Crippen LogP contribution in [-0.2, 0) is 5.41 Å². The fourth-order valence-electron chi connectivity index (χ4n) is 6.20. The van der Waals surface area contributed by atoms with Crippen molar-refractivity contribution in [2.24, 2.45) is 5.92 Å². The average molecular weight is 489 g/mol. The zero-order chi connectivity index (χ0) is 22.0. The van der Waals surface area contributed by atoms with Gasteiger partial charge in [0.2, 0.25) is 0 Å². The summed E-state index contributed by atoms with van der Waals surface area (Å²) in [5.74, 6) is 1.13. The topological polar surface area (TPSA) is 9.23 Å². The number of halogens is 1. The van der Waals surface area contributed by atoms with Crippen molar-refractivity contribution in [3.05, 3.63) is 136 Å². The molecule has 4 aromatic carbocycles. The van der Waals surface area contributed by atoms with E-state index in [9.17, 15) is 0 Å². The molecular formula is C31H21BrO. The summed E-state index contributed by atoms with van der Waals surface area (Å²) in [6.45, 7) is 0. The van der Waals surface area contributed by atoms with Crippen molar-refractivity contribution in [3.8, 4) is 28.0 Å². The first-order chi connectivity index (χ1) is 16.3. The Morgan fingerprint density at radius 1 is 0.667 bits per heavy atom. The second-order valence-corrected chi connectivity index (χ2v) is 9.88. The van der Waals surface area contributed by atoms with E-state index in [1.165, 1.54) is 38.9 Å². The minimum Gasteiger partial charge on any atom is -0.485 e. The summed E-state index contributed by atoms with van der Waals surface area (Å²) >= 11 is 3.75. The average Bonchev–Trinajstić information content (AvgIpc) is 3.17. The van der Waals surface area contributed by atoms with Gasteiger partial charge in [0.25, 0.3) is 0 Å². The molecule has 0 amide bonds. The minimum absolute atomic E-state index is 0.0111. The van der Waals surface area contributed by atoms with Crippen molar-refractivity contribution in [1.29, 1.82) is 0 Å². The van der Waals surface area contributed by atoms with Crippen LogP contribution in [0.4, 0.5) is 0 Å². The lowest BCUT2D eigenvalue weighted by Crippen LogP contribution is -2.47. The van der Waals surface area contributed by atoms with Crippen molar-refractivity contribution in [3.63, 3.8) is 0 Å². The lowest BCUT2D eigenvalue weighted by molar-refractivity contribution is 0.141. The first-order valence-electron chi connectivity index (χ1n) is 11.4. The number of rotatable bonds is 1. The predicted octanol–water partition coefficient (Wildman–Crippen LogP) is 7.93. The van der Waals surface area contributed by atoms with Gasteiger partial charge in [-0.3, -0.25) is 0 Å². The number of ether oxygens (including phenoxy) is 1. The molecule has 1 heterocycles. The third-order valence-electron chi connectivity index (χ3n) is 7.41. The molecule has 3 aliphatic rings. The molecule has 1 spiro atoms. The third kappa shape index (κ3) is 2.53. The quantitative estimate of drug-likeness (QED) is 0.264. The van der Waals surface area contributed by atoms with Gasteiger partial charge in [-0.15, -0.1) is 0 Å². The molecule has 2 unspecified atom stereocenters. The zero-order valence-electron chi connectivity index (χ0n) is 17.9. The zero-order valence-corrected chi connectivity index (χ0v) is 19.5. The second-order valence-electron chi connectivity index (χ2n) is 8.97. The van der Waals surface area contributed by atoms with E-state index in [1.54, 1.807) is 0 Å². The molecule has 4 aromatic rings. The van der Waals surface area contributed by atoms with Gasteiger partial charge in [-0.2, -0.15) is 0 Å². The van der Waals surface area contributed by atoms with E-state index >= 15 is 0 Å². The van der Waals surface area contributed by atoms with Gasteiger partial charge in [-0.05, 0) is 57.7 Å². The molecule has 2 aliphatic carbocycles. The normalized spacial score (nSPS) is 23.4. The van der Waals surface area contributed by atoms with Crippen LogP contribution < -0.4 is 4.74 Å². The summed E-state index contributed by atoms with van der Waals surface area (Å²) in [5.41, 5.74) is 8.83. The molecule has 0 saturated heterocycles. The van der Waals surface area contributed by atoms with Crippen molar-refractivity contribution in [2.45, 2.75) is 11.5 Å². The molecule has 0 bridgehead atoms. The molecule has 33 heavy (non-hydrogen) atoms. The summed E-state index contributed by atoms with van der Waals surface area (Å²) in [5, 5.41) is 0. The smallest absolute Gasteiger partial charge is 0.125 e. The standard InChI is InChI=1S/C31H21BrO/c32-21-17-18-29-27(19-21)31(25-14-6-7-16-28(25)33-29)24-13-5-4-11-23(24)30-22(12-8-15-26(30)31)20-9-2-1-3-10-20/h1-19,25,28H/t25-,28?,31?/m0/s1. The molecule has 1 nitrogen and oxygen atoms in total. The molecule has 3 atom stereocenters. The first kappa shape index (κ1) is 19.1. The fraction of sp³-hybridized carbons (Fsp3) is 0.0968. The van der Waals surface area contributed by atoms with Crippen LogP contribution in [0.25, 0.3) is 22.3 Å². The Balaban J connectivity index is 1.65. The molecule has 7 rings (SSSR count). The predicted molar refractivity (Wildman–Crippen MR) is 138 cm³/mol. The Morgan fingerprint density at radius 3 is 2.33 bits per heavy atom. The Labute approximate surface area is 202 Å². The van der Waals surface area contributed by atoms with Crippen LogP contribution in [0, 0.1) is 5.92 Å². The number of benzene rings is 4. The van der Waals surface area contributed by atoms with Crippen LogP contribution in [0.3, 0.4) is 0 Å². The number of hydrogen-bond donors (Lipinski definition) is 0. The molecule has 1 aliphatic heterocycles. The van der Waals surface area contributed by atoms with Crippen molar-refractivity contribution in [1.82, 2.24) is 0 Å². The number of hydrogen-bond acceptors (Lipinski definition) is 1. The van der Waals surface area contributed by atoms with Crippen LogP contribution in [0.5, 0.6) is 5.75 Å². The molecule has 0 aromatic heterocycles. The lowest BCUT2D eigenvalue weighted by Gasteiger charge is -2.47. The largest absolute Gasteiger partial charge is 0.485 e. The maximum absolute atomic E-state index is 6.56. The second kappa shape index (κ2) is 7.07. The summed E-state index contributed by atoms with van der Waals surface area (Å²) < 4.78 is 7.64. The highest BCUT2D eigenvalue weighted by Crippen LogP contribution is 2.63. The highest BCUT2D eigenvalue weighted by atomic mass is 79.9. The van der Waals surface area contributed by atoms with E-state index in [1.807, 2.05) is 0 Å². The van der Waals surface area contributed by atoms with Crippen LogP contribution in [0.15, 0.2) is 120 Å².